The predicted molar refractivity (Wildman–Crippen MR) is 107 cm³/mol. The van der Waals surface area contributed by atoms with Gasteiger partial charge < -0.3 is 18.8 Å². The van der Waals surface area contributed by atoms with Gasteiger partial charge in [0.2, 0.25) is 0 Å². The van der Waals surface area contributed by atoms with Crippen molar-refractivity contribution < 1.29 is 23.5 Å². The molecule has 3 aromatic rings. The number of esters is 1. The van der Waals surface area contributed by atoms with Gasteiger partial charge in [-0.3, -0.25) is 4.79 Å². The zero-order chi connectivity index (χ0) is 20.5. The summed E-state index contributed by atoms with van der Waals surface area (Å²) in [6, 6.07) is 21.1. The zero-order valence-electron chi connectivity index (χ0n) is 16.2. The maximum atomic E-state index is 12.1. The van der Waals surface area contributed by atoms with Crippen molar-refractivity contribution in [2.45, 2.75) is 13.0 Å². The summed E-state index contributed by atoms with van der Waals surface area (Å²) < 4.78 is 15.9. The molecule has 1 heterocycles. The van der Waals surface area contributed by atoms with Crippen molar-refractivity contribution in [3.05, 3.63) is 89.9 Å². The van der Waals surface area contributed by atoms with Gasteiger partial charge in [-0.1, -0.05) is 48.5 Å². The lowest BCUT2D eigenvalue weighted by atomic mass is 10.0. The van der Waals surface area contributed by atoms with Crippen molar-refractivity contribution in [3.8, 4) is 5.75 Å². The lowest BCUT2D eigenvalue weighted by Crippen LogP contribution is -2.31. The van der Waals surface area contributed by atoms with Gasteiger partial charge in [-0.25, -0.2) is 4.79 Å². The molecule has 0 unspecified atom stereocenters. The second-order valence-corrected chi connectivity index (χ2v) is 6.55. The molecule has 0 aliphatic heterocycles. The zero-order valence-corrected chi connectivity index (χ0v) is 16.2. The Bertz CT molecular complexity index is 921. The van der Waals surface area contributed by atoms with Crippen molar-refractivity contribution >= 4 is 11.9 Å². The van der Waals surface area contributed by atoms with Crippen LogP contribution in [0.25, 0.3) is 0 Å². The lowest BCUT2D eigenvalue weighted by molar-refractivity contribution is -0.153. The molecule has 0 aliphatic carbocycles. The van der Waals surface area contributed by atoms with Crippen molar-refractivity contribution in [2.75, 3.05) is 20.3 Å². The molecule has 0 atom stereocenters. The second kappa shape index (κ2) is 10.1. The van der Waals surface area contributed by atoms with Gasteiger partial charge >= 0.3 is 5.97 Å². The van der Waals surface area contributed by atoms with Gasteiger partial charge in [0.05, 0.1) is 12.8 Å². The highest BCUT2D eigenvalue weighted by molar-refractivity contribution is 5.80. The van der Waals surface area contributed by atoms with E-state index >= 15 is 0 Å². The summed E-state index contributed by atoms with van der Waals surface area (Å²) in [5.74, 6) is 0.360. The molecule has 0 N–H and O–H groups in total. The summed E-state index contributed by atoms with van der Waals surface area (Å²) >= 11 is 0. The fourth-order valence-corrected chi connectivity index (χ4v) is 2.76. The largest absolute Gasteiger partial charge is 0.482 e. The van der Waals surface area contributed by atoms with Crippen molar-refractivity contribution in [2.24, 2.45) is 0 Å². The Morgan fingerprint density at radius 1 is 0.931 bits per heavy atom. The molecular weight excluding hydrogens is 370 g/mol. The van der Waals surface area contributed by atoms with E-state index in [9.17, 15) is 9.59 Å². The molecule has 29 heavy (non-hydrogen) atoms. The molecule has 1 aromatic heterocycles. The highest BCUT2D eigenvalue weighted by Gasteiger charge is 2.14. The first kappa shape index (κ1) is 20.2. The summed E-state index contributed by atoms with van der Waals surface area (Å²) in [7, 11) is 1.62. The summed E-state index contributed by atoms with van der Waals surface area (Å²) in [5, 5.41) is 0. The Hall–Kier alpha value is -3.54. The fraction of sp³-hybridized carbons (Fsp3) is 0.217. The Balaban J connectivity index is 1.46. The summed E-state index contributed by atoms with van der Waals surface area (Å²) in [4.78, 5) is 25.5. The molecule has 0 fully saturated rings. The van der Waals surface area contributed by atoms with Gasteiger partial charge in [0.15, 0.2) is 13.2 Å². The number of amides is 1. The number of carbonyl (C=O) groups excluding carboxylic acids is 2. The monoisotopic (exact) mass is 393 g/mol. The van der Waals surface area contributed by atoms with Gasteiger partial charge in [0.25, 0.3) is 5.91 Å². The second-order valence-electron chi connectivity index (χ2n) is 6.55. The predicted octanol–water partition coefficient (Wildman–Crippen LogP) is 3.45. The molecule has 0 saturated heterocycles. The number of rotatable bonds is 9. The third-order valence-corrected chi connectivity index (χ3v) is 4.31. The summed E-state index contributed by atoms with van der Waals surface area (Å²) in [6.07, 6.45) is 2.24. The van der Waals surface area contributed by atoms with E-state index in [0.717, 1.165) is 11.1 Å². The lowest BCUT2D eigenvalue weighted by Gasteiger charge is -2.16. The number of carbonyl (C=O) groups is 2. The van der Waals surface area contributed by atoms with Crippen LogP contribution in [0.5, 0.6) is 5.75 Å². The molecule has 150 valence electrons. The topological polar surface area (TPSA) is 69.0 Å². The first-order valence-corrected chi connectivity index (χ1v) is 9.28. The Kier molecular flexibility index (Phi) is 7.05. The van der Waals surface area contributed by atoms with E-state index in [1.165, 1.54) is 4.90 Å². The number of hydrogen-bond acceptors (Lipinski definition) is 5. The molecular formula is C23H23NO5. The minimum Gasteiger partial charge on any atom is -0.482 e. The third-order valence-electron chi connectivity index (χ3n) is 4.31. The summed E-state index contributed by atoms with van der Waals surface area (Å²) in [6.45, 7) is -0.293. The highest BCUT2D eigenvalue weighted by Crippen LogP contribution is 2.21. The van der Waals surface area contributed by atoms with Gasteiger partial charge in [-0.15, -0.1) is 0 Å². The number of benzene rings is 2. The SMILES string of the molecule is CN(Cc1ccco1)C(=O)COC(=O)COc1ccccc1Cc1ccccc1. The molecule has 0 saturated carbocycles. The smallest absolute Gasteiger partial charge is 0.344 e. The van der Waals surface area contributed by atoms with Crippen LogP contribution in [0.1, 0.15) is 16.9 Å². The fourth-order valence-electron chi connectivity index (χ4n) is 2.76. The quantitative estimate of drug-likeness (QED) is 0.521. The number of nitrogens with zero attached hydrogens (tertiary/aromatic N) is 1. The molecule has 0 bridgehead atoms. The minimum atomic E-state index is -0.598. The summed E-state index contributed by atoms with van der Waals surface area (Å²) in [5.41, 5.74) is 2.12. The normalized spacial score (nSPS) is 10.4. The van der Waals surface area contributed by atoms with Crippen LogP contribution >= 0.6 is 0 Å². The number of para-hydroxylation sites is 1. The number of ether oxygens (including phenoxy) is 2. The molecule has 0 spiro atoms. The van der Waals surface area contributed by atoms with E-state index in [1.54, 1.807) is 25.4 Å². The highest BCUT2D eigenvalue weighted by atomic mass is 16.6. The van der Waals surface area contributed by atoms with Crippen LogP contribution in [0.15, 0.2) is 77.4 Å². The van der Waals surface area contributed by atoms with Crippen molar-refractivity contribution in [1.29, 1.82) is 0 Å². The average Bonchev–Trinajstić information content (AvgIpc) is 3.25. The van der Waals surface area contributed by atoms with Crippen LogP contribution < -0.4 is 4.74 Å². The molecule has 3 rings (SSSR count). The van der Waals surface area contributed by atoms with E-state index in [-0.39, 0.29) is 19.1 Å². The molecule has 2 aromatic carbocycles. The number of hydrogen-bond donors (Lipinski definition) is 0. The van der Waals surface area contributed by atoms with Crippen LogP contribution in [0.2, 0.25) is 0 Å². The van der Waals surface area contributed by atoms with Crippen LogP contribution in [-0.2, 0) is 27.3 Å². The molecule has 0 aliphatic rings. The van der Waals surface area contributed by atoms with Gasteiger partial charge in [-0.05, 0) is 29.3 Å². The van der Waals surface area contributed by atoms with E-state index < -0.39 is 5.97 Å². The van der Waals surface area contributed by atoms with Crippen molar-refractivity contribution in [3.63, 3.8) is 0 Å². The van der Waals surface area contributed by atoms with Gasteiger partial charge in [-0.2, -0.15) is 0 Å². The van der Waals surface area contributed by atoms with E-state index in [1.807, 2.05) is 54.6 Å². The van der Waals surface area contributed by atoms with E-state index in [4.69, 9.17) is 13.9 Å². The maximum absolute atomic E-state index is 12.1. The number of likely N-dealkylation sites (N-methyl/N-ethyl adjacent to an activating group) is 1. The van der Waals surface area contributed by atoms with E-state index in [2.05, 4.69) is 0 Å². The maximum Gasteiger partial charge on any atom is 0.344 e. The molecule has 1 amide bonds. The van der Waals surface area contributed by atoms with Crippen LogP contribution in [-0.4, -0.2) is 37.0 Å². The minimum absolute atomic E-state index is 0.263. The van der Waals surface area contributed by atoms with Crippen LogP contribution in [0, 0.1) is 0 Å². The van der Waals surface area contributed by atoms with Crippen molar-refractivity contribution in [1.82, 2.24) is 4.90 Å². The van der Waals surface area contributed by atoms with Gasteiger partial charge in [0.1, 0.15) is 11.5 Å². The Morgan fingerprint density at radius 3 is 2.45 bits per heavy atom. The van der Waals surface area contributed by atoms with Gasteiger partial charge in [0, 0.05) is 13.5 Å². The standard InChI is InChI=1S/C23H23NO5/c1-24(15-20-11-7-13-27-20)22(25)16-29-23(26)17-28-21-12-6-5-10-19(21)14-18-8-3-2-4-9-18/h2-13H,14-17H2,1H3. The molecule has 6 nitrogen and oxygen atoms in total. The number of furan rings is 1. The molecule has 6 heteroatoms. The first-order valence-electron chi connectivity index (χ1n) is 9.28. The van der Waals surface area contributed by atoms with Crippen LogP contribution in [0.4, 0.5) is 0 Å². The third kappa shape index (κ3) is 6.24. The Morgan fingerprint density at radius 2 is 1.69 bits per heavy atom. The van der Waals surface area contributed by atoms with Crippen LogP contribution in [0.3, 0.4) is 0 Å². The van der Waals surface area contributed by atoms with E-state index in [0.29, 0.717) is 24.5 Å². The Labute approximate surface area is 169 Å². The molecule has 0 radical (unpaired) electrons. The first-order chi connectivity index (χ1) is 14.1. The average molecular weight is 393 g/mol.